The maximum Gasteiger partial charge on any atom is 0.254 e. The number of rotatable bonds is 6. The number of aromatic nitrogens is 2. The van der Waals surface area contributed by atoms with E-state index in [1.54, 1.807) is 23.2 Å². The smallest absolute Gasteiger partial charge is 0.254 e. The molecule has 3 heterocycles. The van der Waals surface area contributed by atoms with E-state index in [0.29, 0.717) is 31.7 Å². The van der Waals surface area contributed by atoms with Crippen LogP contribution in [0.5, 0.6) is 0 Å². The lowest BCUT2D eigenvalue weighted by Gasteiger charge is -2.35. The Labute approximate surface area is 179 Å². The molecular weight excluding hydrogens is 422 g/mol. The molecule has 1 N–H and O–H groups in total. The standard InChI is InChI=1S/C20H23N5O3S2/c1-23-8-7-21-20(23)25-11-9-24(10-12-25)19(26)16-4-2-6-18(14-16)30(27,28)22-15-17-5-3-13-29-17/h2-8,13-14,22H,9-12,15H2,1H3. The fourth-order valence-electron chi connectivity index (χ4n) is 3.41. The van der Waals surface area contributed by atoms with Gasteiger partial charge in [-0.2, -0.15) is 0 Å². The van der Waals surface area contributed by atoms with Crippen LogP contribution in [0.2, 0.25) is 0 Å². The van der Waals surface area contributed by atoms with E-state index in [-0.39, 0.29) is 17.3 Å². The summed E-state index contributed by atoms with van der Waals surface area (Å²) in [5.74, 6) is 0.719. The van der Waals surface area contributed by atoms with Crippen LogP contribution in [0.4, 0.5) is 5.95 Å². The van der Waals surface area contributed by atoms with E-state index < -0.39 is 10.0 Å². The normalized spacial score (nSPS) is 14.8. The minimum atomic E-state index is -3.70. The number of amides is 1. The number of sulfonamides is 1. The number of nitrogens with one attached hydrogen (secondary N) is 1. The van der Waals surface area contributed by atoms with Gasteiger partial charge in [0, 0.05) is 62.6 Å². The summed E-state index contributed by atoms with van der Waals surface area (Å²) in [5.41, 5.74) is 0.374. The molecule has 0 bridgehead atoms. The topological polar surface area (TPSA) is 87.5 Å². The van der Waals surface area contributed by atoms with E-state index in [4.69, 9.17) is 0 Å². The van der Waals surface area contributed by atoms with Crippen LogP contribution < -0.4 is 9.62 Å². The molecule has 1 aromatic carbocycles. The van der Waals surface area contributed by atoms with Crippen LogP contribution in [0.25, 0.3) is 0 Å². The minimum absolute atomic E-state index is 0.0940. The zero-order chi connectivity index (χ0) is 21.1. The fraction of sp³-hybridized carbons (Fsp3) is 0.300. The summed E-state index contributed by atoms with van der Waals surface area (Å²) in [4.78, 5) is 22.2. The Morgan fingerprint density at radius 1 is 1.17 bits per heavy atom. The van der Waals surface area contributed by atoms with Crippen molar-refractivity contribution in [2.75, 3.05) is 31.1 Å². The van der Waals surface area contributed by atoms with E-state index in [1.165, 1.54) is 23.5 Å². The lowest BCUT2D eigenvalue weighted by molar-refractivity contribution is 0.0746. The SMILES string of the molecule is Cn1ccnc1N1CCN(C(=O)c2cccc(S(=O)(=O)NCc3cccs3)c2)CC1. The number of imidazole rings is 1. The molecule has 1 saturated heterocycles. The molecule has 0 saturated carbocycles. The van der Waals surface area contributed by atoms with Gasteiger partial charge in [-0.3, -0.25) is 4.79 Å². The Hall–Kier alpha value is -2.69. The third-order valence-corrected chi connectivity index (χ3v) is 7.33. The average Bonchev–Trinajstić information content (AvgIpc) is 3.44. The van der Waals surface area contributed by atoms with Crippen LogP contribution in [-0.4, -0.2) is 55.0 Å². The van der Waals surface area contributed by atoms with Crippen molar-refractivity contribution in [2.24, 2.45) is 7.05 Å². The predicted octanol–water partition coefficient (Wildman–Crippen LogP) is 1.92. The van der Waals surface area contributed by atoms with E-state index in [9.17, 15) is 13.2 Å². The van der Waals surface area contributed by atoms with E-state index >= 15 is 0 Å². The van der Waals surface area contributed by atoms with Crippen molar-refractivity contribution < 1.29 is 13.2 Å². The van der Waals surface area contributed by atoms with Gasteiger partial charge in [-0.05, 0) is 29.6 Å². The molecule has 2 aromatic heterocycles. The first-order valence-corrected chi connectivity index (χ1v) is 11.9. The van der Waals surface area contributed by atoms with Gasteiger partial charge in [0.2, 0.25) is 16.0 Å². The molecule has 10 heteroatoms. The number of carbonyl (C=O) groups is 1. The molecule has 3 aromatic rings. The van der Waals surface area contributed by atoms with Crippen molar-refractivity contribution in [3.63, 3.8) is 0 Å². The fourth-order valence-corrected chi connectivity index (χ4v) is 5.20. The van der Waals surface area contributed by atoms with E-state index in [1.807, 2.05) is 35.3 Å². The van der Waals surface area contributed by atoms with Gasteiger partial charge < -0.3 is 14.4 Å². The molecule has 0 aliphatic carbocycles. The molecule has 0 radical (unpaired) electrons. The van der Waals surface area contributed by atoms with E-state index in [0.717, 1.165) is 10.8 Å². The number of hydrogen-bond acceptors (Lipinski definition) is 6. The number of carbonyl (C=O) groups excluding carboxylic acids is 1. The molecule has 4 rings (SSSR count). The second-order valence-electron chi connectivity index (χ2n) is 7.05. The van der Waals surface area contributed by atoms with Gasteiger partial charge in [0.25, 0.3) is 5.91 Å². The number of hydrogen-bond donors (Lipinski definition) is 1. The van der Waals surface area contributed by atoms with Crippen LogP contribution in [0.3, 0.4) is 0 Å². The van der Waals surface area contributed by atoms with Gasteiger partial charge in [-0.1, -0.05) is 12.1 Å². The Bertz CT molecular complexity index is 1120. The Kier molecular flexibility index (Phi) is 5.89. The number of anilines is 1. The van der Waals surface area contributed by atoms with Crippen molar-refractivity contribution in [3.05, 3.63) is 64.6 Å². The first-order chi connectivity index (χ1) is 14.4. The molecule has 1 fully saturated rings. The van der Waals surface area contributed by atoms with Crippen LogP contribution in [0, 0.1) is 0 Å². The van der Waals surface area contributed by atoms with Gasteiger partial charge in [0.05, 0.1) is 4.90 Å². The Morgan fingerprint density at radius 2 is 1.97 bits per heavy atom. The van der Waals surface area contributed by atoms with E-state index in [2.05, 4.69) is 14.6 Å². The summed E-state index contributed by atoms with van der Waals surface area (Å²) in [6.45, 7) is 2.69. The third kappa shape index (κ3) is 4.40. The van der Waals surface area contributed by atoms with Crippen LogP contribution in [-0.2, 0) is 23.6 Å². The predicted molar refractivity (Wildman–Crippen MR) is 116 cm³/mol. The molecule has 0 spiro atoms. The molecular formula is C20H23N5O3S2. The zero-order valence-electron chi connectivity index (χ0n) is 16.6. The quantitative estimate of drug-likeness (QED) is 0.626. The first kappa shape index (κ1) is 20.6. The monoisotopic (exact) mass is 445 g/mol. The summed E-state index contributed by atoms with van der Waals surface area (Å²) in [5, 5.41) is 1.90. The molecule has 1 amide bonds. The van der Waals surface area contributed by atoms with Crippen molar-refractivity contribution in [1.82, 2.24) is 19.2 Å². The molecule has 30 heavy (non-hydrogen) atoms. The molecule has 1 aliphatic rings. The zero-order valence-corrected chi connectivity index (χ0v) is 18.2. The highest BCUT2D eigenvalue weighted by Gasteiger charge is 2.25. The molecule has 0 atom stereocenters. The summed E-state index contributed by atoms with van der Waals surface area (Å²) in [7, 11) is -1.76. The van der Waals surface area contributed by atoms with Crippen molar-refractivity contribution >= 4 is 33.2 Å². The summed E-state index contributed by atoms with van der Waals surface area (Å²) < 4.78 is 29.8. The Balaban J connectivity index is 1.42. The van der Waals surface area contributed by atoms with Crippen LogP contribution in [0.15, 0.2) is 59.1 Å². The second-order valence-corrected chi connectivity index (χ2v) is 9.85. The number of benzene rings is 1. The molecule has 1 aliphatic heterocycles. The number of piperazine rings is 1. The van der Waals surface area contributed by atoms with Crippen molar-refractivity contribution in [3.8, 4) is 0 Å². The lowest BCUT2D eigenvalue weighted by Crippen LogP contribution is -2.49. The highest BCUT2D eigenvalue weighted by Crippen LogP contribution is 2.18. The third-order valence-electron chi connectivity index (χ3n) is 5.05. The summed E-state index contributed by atoms with van der Waals surface area (Å²) in [6.07, 6.45) is 3.65. The minimum Gasteiger partial charge on any atom is -0.339 e. The van der Waals surface area contributed by atoms with Crippen LogP contribution >= 0.6 is 11.3 Å². The van der Waals surface area contributed by atoms with Crippen molar-refractivity contribution in [1.29, 1.82) is 0 Å². The van der Waals surface area contributed by atoms with Crippen LogP contribution in [0.1, 0.15) is 15.2 Å². The van der Waals surface area contributed by atoms with Gasteiger partial charge >= 0.3 is 0 Å². The van der Waals surface area contributed by atoms with Gasteiger partial charge in [-0.15, -0.1) is 11.3 Å². The first-order valence-electron chi connectivity index (χ1n) is 9.58. The Morgan fingerprint density at radius 3 is 2.63 bits per heavy atom. The highest BCUT2D eigenvalue weighted by molar-refractivity contribution is 7.89. The maximum atomic E-state index is 13.0. The number of thiophene rings is 1. The molecule has 0 unspecified atom stereocenters. The molecule has 158 valence electrons. The van der Waals surface area contributed by atoms with Gasteiger partial charge in [0.15, 0.2) is 0 Å². The average molecular weight is 446 g/mol. The number of nitrogens with zero attached hydrogens (tertiary/aromatic N) is 4. The summed E-state index contributed by atoms with van der Waals surface area (Å²) in [6, 6.07) is 9.97. The second kappa shape index (κ2) is 8.58. The summed E-state index contributed by atoms with van der Waals surface area (Å²) >= 11 is 1.49. The van der Waals surface area contributed by atoms with Gasteiger partial charge in [-0.25, -0.2) is 18.1 Å². The van der Waals surface area contributed by atoms with Crippen molar-refractivity contribution in [2.45, 2.75) is 11.4 Å². The lowest BCUT2D eigenvalue weighted by atomic mass is 10.2. The van der Waals surface area contributed by atoms with Gasteiger partial charge in [0.1, 0.15) is 0 Å². The largest absolute Gasteiger partial charge is 0.339 e. The highest BCUT2D eigenvalue weighted by atomic mass is 32.2. The number of aryl methyl sites for hydroxylation is 1. The molecule has 8 nitrogen and oxygen atoms in total. The maximum absolute atomic E-state index is 13.0.